The molecular weight excluding hydrogens is 228 g/mol. The van der Waals surface area contributed by atoms with E-state index in [9.17, 15) is 0 Å². The van der Waals surface area contributed by atoms with Crippen molar-refractivity contribution < 1.29 is 0 Å². The third kappa shape index (κ3) is 2.89. The summed E-state index contributed by atoms with van der Waals surface area (Å²) in [7, 11) is 0. The molecule has 87 valence electrons. The maximum absolute atomic E-state index is 5.93. The Kier molecular flexibility index (Phi) is 3.86. The molecule has 0 aliphatic rings. The summed E-state index contributed by atoms with van der Waals surface area (Å²) in [5, 5.41) is 0.782. The smallest absolute Gasteiger partial charge is 0.0406 e. The zero-order chi connectivity index (χ0) is 12.3. The van der Waals surface area contributed by atoms with Gasteiger partial charge >= 0.3 is 0 Å². The van der Waals surface area contributed by atoms with Crippen LogP contribution in [0.1, 0.15) is 25.0 Å². The Morgan fingerprint density at radius 1 is 0.824 bits per heavy atom. The minimum absolute atomic E-state index is 0.485. The quantitative estimate of drug-likeness (QED) is 0.714. The van der Waals surface area contributed by atoms with E-state index >= 15 is 0 Å². The monoisotopic (exact) mass is 243 g/mol. The summed E-state index contributed by atoms with van der Waals surface area (Å²) in [5.41, 5.74) is 2.53. The van der Waals surface area contributed by atoms with Crippen molar-refractivity contribution in [3.63, 3.8) is 0 Å². The summed E-state index contributed by atoms with van der Waals surface area (Å²) in [4.78, 5) is 0. The topological polar surface area (TPSA) is 0 Å². The summed E-state index contributed by atoms with van der Waals surface area (Å²) in [5.74, 6) is 1.85. The van der Waals surface area contributed by atoms with Gasteiger partial charge in [-0.3, -0.25) is 0 Å². The third-order valence-corrected chi connectivity index (χ3v) is 3.07. The number of halogens is 1. The molecule has 2 rings (SSSR count). The van der Waals surface area contributed by atoms with E-state index in [1.165, 1.54) is 17.0 Å². The van der Waals surface area contributed by atoms with Gasteiger partial charge in [0.25, 0.3) is 0 Å². The van der Waals surface area contributed by atoms with Crippen LogP contribution < -0.4 is 0 Å². The van der Waals surface area contributed by atoms with Gasteiger partial charge in [0.2, 0.25) is 0 Å². The lowest BCUT2D eigenvalue weighted by molar-refractivity contribution is 0.709. The first-order chi connectivity index (χ1) is 8.18. The van der Waals surface area contributed by atoms with Crippen molar-refractivity contribution in [1.29, 1.82) is 0 Å². The van der Waals surface area contributed by atoms with E-state index < -0.39 is 0 Å². The van der Waals surface area contributed by atoms with Gasteiger partial charge in [-0.2, -0.15) is 0 Å². The Labute approximate surface area is 108 Å². The molecule has 1 heteroatoms. The molecule has 0 unspecified atom stereocenters. The molecule has 0 atom stereocenters. The lowest BCUT2D eigenvalue weighted by Crippen LogP contribution is -2.09. The predicted molar refractivity (Wildman–Crippen MR) is 74.2 cm³/mol. The largest absolute Gasteiger partial charge is 0.0843 e. The zero-order valence-corrected chi connectivity index (χ0v) is 10.9. The molecule has 0 saturated heterocycles. The Morgan fingerprint density at radius 2 is 1.35 bits per heavy atom. The van der Waals surface area contributed by atoms with Gasteiger partial charge < -0.3 is 0 Å². The van der Waals surface area contributed by atoms with Gasteiger partial charge in [-0.25, -0.2) is 0 Å². The number of hydrogen-bond donors (Lipinski definition) is 0. The van der Waals surface area contributed by atoms with E-state index in [4.69, 9.17) is 11.6 Å². The Morgan fingerprint density at radius 3 is 1.88 bits per heavy atom. The number of benzene rings is 2. The van der Waals surface area contributed by atoms with Crippen molar-refractivity contribution in [3.05, 3.63) is 76.7 Å². The maximum Gasteiger partial charge on any atom is 0.0406 e. The minimum Gasteiger partial charge on any atom is -0.0843 e. The van der Waals surface area contributed by atoms with E-state index in [2.05, 4.69) is 50.2 Å². The fraction of sp³-hybridized carbons (Fsp3) is 0.188. The van der Waals surface area contributed by atoms with Crippen LogP contribution in [0.4, 0.5) is 0 Å². The highest BCUT2D eigenvalue weighted by Crippen LogP contribution is 2.31. The molecule has 0 heterocycles. The van der Waals surface area contributed by atoms with Crippen molar-refractivity contribution >= 4 is 11.6 Å². The second-order valence-electron chi connectivity index (χ2n) is 4.44. The summed E-state index contributed by atoms with van der Waals surface area (Å²) in [6.45, 7) is 4.44. The second-order valence-corrected chi connectivity index (χ2v) is 4.88. The Hall–Kier alpha value is -1.27. The van der Waals surface area contributed by atoms with Crippen LogP contribution in [0.2, 0.25) is 5.02 Å². The van der Waals surface area contributed by atoms with Crippen LogP contribution in [0.5, 0.6) is 0 Å². The molecule has 0 saturated carbocycles. The molecule has 0 amide bonds. The summed E-state index contributed by atoms with van der Waals surface area (Å²) < 4.78 is 0. The average molecular weight is 244 g/mol. The second kappa shape index (κ2) is 5.37. The molecule has 0 aliphatic carbocycles. The van der Waals surface area contributed by atoms with Crippen LogP contribution in [0, 0.1) is 11.8 Å². The number of hydrogen-bond acceptors (Lipinski definition) is 0. The summed E-state index contributed by atoms with van der Waals surface area (Å²) in [6, 6.07) is 18.6. The van der Waals surface area contributed by atoms with Gasteiger partial charge in [0.15, 0.2) is 0 Å². The first-order valence-corrected chi connectivity index (χ1v) is 6.24. The van der Waals surface area contributed by atoms with Crippen LogP contribution in [0.15, 0.2) is 54.6 Å². The highest BCUT2D eigenvalue weighted by atomic mass is 35.5. The molecule has 0 nitrogen and oxygen atoms in total. The SMILES string of the molecule is CC(C)[C](c1ccccc1)c1ccc(Cl)cc1. The van der Waals surface area contributed by atoms with E-state index in [0.717, 1.165) is 5.02 Å². The molecule has 0 aliphatic heterocycles. The third-order valence-electron chi connectivity index (χ3n) is 2.82. The van der Waals surface area contributed by atoms with Crippen molar-refractivity contribution in [2.75, 3.05) is 0 Å². The molecule has 17 heavy (non-hydrogen) atoms. The minimum atomic E-state index is 0.485. The van der Waals surface area contributed by atoms with Gasteiger partial charge in [-0.15, -0.1) is 0 Å². The molecule has 0 fully saturated rings. The van der Waals surface area contributed by atoms with Crippen LogP contribution in [0.3, 0.4) is 0 Å². The molecule has 0 aromatic heterocycles. The standard InChI is InChI=1S/C16H16Cl/c1-12(2)16(13-6-4-3-5-7-13)14-8-10-15(17)11-9-14/h3-12H,1-2H3. The maximum atomic E-state index is 5.93. The molecule has 2 aromatic carbocycles. The predicted octanol–water partition coefficient (Wildman–Crippen LogP) is 4.97. The van der Waals surface area contributed by atoms with E-state index in [1.807, 2.05) is 18.2 Å². The van der Waals surface area contributed by atoms with Gasteiger partial charge in [0, 0.05) is 10.9 Å². The van der Waals surface area contributed by atoms with Crippen LogP contribution in [-0.2, 0) is 0 Å². The Balaban J connectivity index is 2.39. The first-order valence-electron chi connectivity index (χ1n) is 5.86. The van der Waals surface area contributed by atoms with Crippen molar-refractivity contribution in [3.8, 4) is 0 Å². The van der Waals surface area contributed by atoms with Gasteiger partial charge in [0.1, 0.15) is 0 Å². The van der Waals surface area contributed by atoms with Gasteiger partial charge in [-0.05, 0) is 29.2 Å². The molecule has 2 aromatic rings. The van der Waals surface area contributed by atoms with Gasteiger partial charge in [0.05, 0.1) is 0 Å². The molecule has 0 spiro atoms. The first kappa shape index (κ1) is 12.2. The van der Waals surface area contributed by atoms with Gasteiger partial charge in [-0.1, -0.05) is 67.9 Å². The molecule has 0 bridgehead atoms. The summed E-state index contributed by atoms with van der Waals surface area (Å²) in [6.07, 6.45) is 0. The highest BCUT2D eigenvalue weighted by molar-refractivity contribution is 6.30. The molecule has 1 radical (unpaired) electrons. The Bertz CT molecular complexity index is 457. The lowest BCUT2D eigenvalue weighted by atomic mass is 9.83. The molecule has 0 N–H and O–H groups in total. The summed E-state index contributed by atoms with van der Waals surface area (Å²) >= 11 is 5.93. The fourth-order valence-electron chi connectivity index (χ4n) is 2.08. The lowest BCUT2D eigenvalue weighted by Gasteiger charge is -2.21. The zero-order valence-electron chi connectivity index (χ0n) is 10.2. The highest BCUT2D eigenvalue weighted by Gasteiger charge is 2.18. The van der Waals surface area contributed by atoms with E-state index in [-0.39, 0.29) is 0 Å². The normalized spacial score (nSPS) is 11.1. The average Bonchev–Trinajstić information content (AvgIpc) is 2.33. The van der Waals surface area contributed by atoms with Crippen LogP contribution in [-0.4, -0.2) is 0 Å². The van der Waals surface area contributed by atoms with E-state index in [0.29, 0.717) is 5.92 Å². The fourth-order valence-corrected chi connectivity index (χ4v) is 2.21. The van der Waals surface area contributed by atoms with Crippen molar-refractivity contribution in [2.24, 2.45) is 5.92 Å². The van der Waals surface area contributed by atoms with Crippen LogP contribution in [0.25, 0.3) is 0 Å². The van der Waals surface area contributed by atoms with E-state index in [1.54, 1.807) is 0 Å². The van der Waals surface area contributed by atoms with Crippen molar-refractivity contribution in [1.82, 2.24) is 0 Å². The molecular formula is C16H16Cl. The van der Waals surface area contributed by atoms with Crippen LogP contribution >= 0.6 is 11.6 Å². The number of rotatable bonds is 3. The van der Waals surface area contributed by atoms with Crippen molar-refractivity contribution in [2.45, 2.75) is 13.8 Å².